The highest BCUT2D eigenvalue weighted by molar-refractivity contribution is 7.10. The van der Waals surface area contributed by atoms with Crippen LogP contribution < -0.4 is 5.73 Å². The van der Waals surface area contributed by atoms with Crippen LogP contribution in [-0.2, 0) is 0 Å². The number of anilines is 1. The molecule has 0 aliphatic heterocycles. The molecule has 0 atom stereocenters. The van der Waals surface area contributed by atoms with Crippen molar-refractivity contribution in [2.24, 2.45) is 0 Å². The second-order valence-corrected chi connectivity index (χ2v) is 3.34. The van der Waals surface area contributed by atoms with Crippen LogP contribution in [0.5, 0.6) is 0 Å². The van der Waals surface area contributed by atoms with Gasteiger partial charge in [0.1, 0.15) is 0 Å². The Balaban J connectivity index is 0.000000810. The molecule has 0 aliphatic carbocycles. The number of nitrogen functional groups attached to an aromatic ring is 1. The first-order valence-corrected chi connectivity index (χ1v) is 3.92. The molecule has 0 bridgehead atoms. The average molecular weight is 178 g/mol. The van der Waals surface area contributed by atoms with E-state index in [-0.39, 0.29) is 12.4 Å². The average Bonchev–Trinajstić information content (AvgIpc) is 2.13. The van der Waals surface area contributed by atoms with Crippen LogP contribution in [0.1, 0.15) is 24.6 Å². The molecule has 0 saturated carbocycles. The van der Waals surface area contributed by atoms with Crippen LogP contribution in [-0.4, -0.2) is 0 Å². The van der Waals surface area contributed by atoms with Crippen LogP contribution in [0, 0.1) is 0 Å². The smallest absolute Gasteiger partial charge is 0.0458 e. The number of rotatable bonds is 1. The molecule has 1 aromatic heterocycles. The summed E-state index contributed by atoms with van der Waals surface area (Å²) in [6.07, 6.45) is 0. The van der Waals surface area contributed by atoms with E-state index in [1.54, 1.807) is 11.3 Å². The van der Waals surface area contributed by atoms with Crippen LogP contribution in [0.15, 0.2) is 11.4 Å². The molecule has 1 aromatic rings. The van der Waals surface area contributed by atoms with Crippen molar-refractivity contribution in [2.75, 3.05) is 5.73 Å². The van der Waals surface area contributed by atoms with E-state index < -0.39 is 0 Å². The van der Waals surface area contributed by atoms with Gasteiger partial charge in [0.25, 0.3) is 0 Å². The van der Waals surface area contributed by atoms with Gasteiger partial charge in [-0.05, 0) is 17.4 Å². The molecule has 1 rings (SSSR count). The van der Waals surface area contributed by atoms with Gasteiger partial charge in [-0.2, -0.15) is 0 Å². The minimum Gasteiger partial charge on any atom is -0.398 e. The minimum absolute atomic E-state index is 0. The summed E-state index contributed by atoms with van der Waals surface area (Å²) in [6, 6.07) is 1.96. The molecule has 0 unspecified atom stereocenters. The third kappa shape index (κ3) is 1.89. The standard InChI is InChI=1S/C7H11NS.ClH/c1-5(2)7-6(8)3-4-9-7;/h3-5H,8H2,1-2H3;1H. The molecular formula is C7H12ClNS. The van der Waals surface area contributed by atoms with Crippen molar-refractivity contribution in [2.45, 2.75) is 19.8 Å². The van der Waals surface area contributed by atoms with E-state index >= 15 is 0 Å². The molecule has 0 radical (unpaired) electrons. The SMILES string of the molecule is CC(C)c1sccc1N.Cl. The normalized spacial score (nSPS) is 9.50. The molecule has 0 aromatic carbocycles. The number of hydrogen-bond acceptors (Lipinski definition) is 2. The van der Waals surface area contributed by atoms with E-state index in [0.29, 0.717) is 5.92 Å². The second-order valence-electron chi connectivity index (χ2n) is 2.39. The Morgan fingerprint density at radius 3 is 2.30 bits per heavy atom. The maximum atomic E-state index is 5.65. The van der Waals surface area contributed by atoms with Crippen LogP contribution >= 0.6 is 23.7 Å². The van der Waals surface area contributed by atoms with Gasteiger partial charge in [-0.1, -0.05) is 13.8 Å². The Bertz CT molecular complexity index is 195. The van der Waals surface area contributed by atoms with Crippen molar-refractivity contribution in [3.8, 4) is 0 Å². The molecule has 1 heterocycles. The summed E-state index contributed by atoms with van der Waals surface area (Å²) in [7, 11) is 0. The summed E-state index contributed by atoms with van der Waals surface area (Å²) in [4.78, 5) is 1.30. The van der Waals surface area contributed by atoms with Gasteiger partial charge in [0, 0.05) is 10.6 Å². The summed E-state index contributed by atoms with van der Waals surface area (Å²) in [5.74, 6) is 0.574. The fourth-order valence-corrected chi connectivity index (χ4v) is 1.64. The van der Waals surface area contributed by atoms with E-state index in [4.69, 9.17) is 5.73 Å². The molecule has 2 N–H and O–H groups in total. The van der Waals surface area contributed by atoms with Gasteiger partial charge in [-0.25, -0.2) is 0 Å². The van der Waals surface area contributed by atoms with Gasteiger partial charge in [0.2, 0.25) is 0 Å². The van der Waals surface area contributed by atoms with Crippen LogP contribution in [0.25, 0.3) is 0 Å². The molecule has 58 valence electrons. The molecule has 0 spiro atoms. The lowest BCUT2D eigenvalue weighted by Gasteiger charge is -2.00. The van der Waals surface area contributed by atoms with Crippen LogP contribution in [0.4, 0.5) is 5.69 Å². The number of thiophene rings is 1. The molecule has 3 heteroatoms. The second kappa shape index (κ2) is 3.84. The Hall–Kier alpha value is -0.210. The molecular weight excluding hydrogens is 166 g/mol. The Labute approximate surface area is 71.7 Å². The van der Waals surface area contributed by atoms with E-state index in [2.05, 4.69) is 13.8 Å². The molecule has 0 saturated heterocycles. The van der Waals surface area contributed by atoms with Gasteiger partial charge in [-0.15, -0.1) is 23.7 Å². The summed E-state index contributed by atoms with van der Waals surface area (Å²) in [5, 5.41) is 2.03. The summed E-state index contributed by atoms with van der Waals surface area (Å²) in [5.41, 5.74) is 6.59. The number of halogens is 1. The summed E-state index contributed by atoms with van der Waals surface area (Å²) >= 11 is 1.73. The quantitative estimate of drug-likeness (QED) is 0.702. The first-order valence-electron chi connectivity index (χ1n) is 3.04. The number of nitrogens with two attached hydrogens (primary N) is 1. The van der Waals surface area contributed by atoms with Crippen LogP contribution in [0.3, 0.4) is 0 Å². The lowest BCUT2D eigenvalue weighted by Crippen LogP contribution is -1.89. The van der Waals surface area contributed by atoms with E-state index in [0.717, 1.165) is 5.69 Å². The van der Waals surface area contributed by atoms with Gasteiger partial charge < -0.3 is 5.73 Å². The minimum atomic E-state index is 0. The maximum Gasteiger partial charge on any atom is 0.0458 e. The van der Waals surface area contributed by atoms with E-state index in [1.165, 1.54) is 4.88 Å². The molecule has 10 heavy (non-hydrogen) atoms. The third-order valence-electron chi connectivity index (χ3n) is 1.25. The Morgan fingerprint density at radius 2 is 2.10 bits per heavy atom. The first kappa shape index (κ1) is 9.79. The lowest BCUT2D eigenvalue weighted by molar-refractivity contribution is 0.892. The Kier molecular flexibility index (Phi) is 3.76. The monoisotopic (exact) mass is 177 g/mol. The van der Waals surface area contributed by atoms with Gasteiger partial charge >= 0.3 is 0 Å². The zero-order chi connectivity index (χ0) is 6.85. The van der Waals surface area contributed by atoms with E-state index in [9.17, 15) is 0 Å². The van der Waals surface area contributed by atoms with Crippen molar-refractivity contribution < 1.29 is 0 Å². The topological polar surface area (TPSA) is 26.0 Å². The number of hydrogen-bond donors (Lipinski definition) is 1. The van der Waals surface area contributed by atoms with Crippen molar-refractivity contribution in [3.63, 3.8) is 0 Å². The molecule has 1 nitrogen and oxygen atoms in total. The van der Waals surface area contributed by atoms with Gasteiger partial charge in [0.15, 0.2) is 0 Å². The zero-order valence-corrected chi connectivity index (χ0v) is 7.76. The van der Waals surface area contributed by atoms with Gasteiger partial charge in [-0.3, -0.25) is 0 Å². The lowest BCUT2D eigenvalue weighted by atomic mass is 10.1. The summed E-state index contributed by atoms with van der Waals surface area (Å²) in [6.45, 7) is 4.31. The highest BCUT2D eigenvalue weighted by Crippen LogP contribution is 2.26. The van der Waals surface area contributed by atoms with Crippen molar-refractivity contribution in [1.82, 2.24) is 0 Å². The Morgan fingerprint density at radius 1 is 1.50 bits per heavy atom. The van der Waals surface area contributed by atoms with Crippen molar-refractivity contribution in [1.29, 1.82) is 0 Å². The van der Waals surface area contributed by atoms with E-state index in [1.807, 2.05) is 11.4 Å². The maximum absolute atomic E-state index is 5.65. The molecule has 0 aliphatic rings. The first-order chi connectivity index (χ1) is 4.22. The predicted octanol–water partition coefficient (Wildman–Crippen LogP) is 2.88. The fourth-order valence-electron chi connectivity index (χ4n) is 0.800. The predicted molar refractivity (Wildman–Crippen MR) is 50.1 cm³/mol. The summed E-state index contributed by atoms with van der Waals surface area (Å²) < 4.78 is 0. The third-order valence-corrected chi connectivity index (χ3v) is 2.48. The molecule has 0 amide bonds. The fraction of sp³-hybridized carbons (Fsp3) is 0.429. The van der Waals surface area contributed by atoms with Gasteiger partial charge in [0.05, 0.1) is 0 Å². The van der Waals surface area contributed by atoms with Crippen LogP contribution in [0.2, 0.25) is 0 Å². The van der Waals surface area contributed by atoms with Crippen molar-refractivity contribution in [3.05, 3.63) is 16.3 Å². The zero-order valence-electron chi connectivity index (χ0n) is 6.13. The molecule has 0 fully saturated rings. The largest absolute Gasteiger partial charge is 0.398 e. The highest BCUT2D eigenvalue weighted by atomic mass is 35.5. The van der Waals surface area contributed by atoms with Crippen molar-refractivity contribution >= 4 is 29.4 Å². The highest BCUT2D eigenvalue weighted by Gasteiger charge is 2.03.